The number of nitrogens with one attached hydrogen (secondary N) is 2. The molecule has 1 unspecified atom stereocenters. The molecule has 7 nitrogen and oxygen atoms in total. The highest BCUT2D eigenvalue weighted by Gasteiger charge is 2.25. The second-order valence-electron chi connectivity index (χ2n) is 5.41. The number of fused-ring (bicyclic) bond motifs is 1. The van der Waals surface area contributed by atoms with Crippen molar-refractivity contribution in [3.05, 3.63) is 24.4 Å². The lowest BCUT2D eigenvalue weighted by Crippen LogP contribution is -2.31. The number of hydrazine groups is 1. The number of hydrogen-bond acceptors (Lipinski definition) is 5. The first-order chi connectivity index (χ1) is 9.86. The van der Waals surface area contributed by atoms with E-state index in [1.807, 2.05) is 6.92 Å². The summed E-state index contributed by atoms with van der Waals surface area (Å²) in [6.07, 6.45) is 1.64. The topological polar surface area (TPSA) is 102 Å². The van der Waals surface area contributed by atoms with Gasteiger partial charge in [0, 0.05) is 12.7 Å². The minimum absolute atomic E-state index is 0.0246. The quantitative estimate of drug-likeness (QED) is 0.549. The van der Waals surface area contributed by atoms with E-state index < -0.39 is 10.0 Å². The summed E-state index contributed by atoms with van der Waals surface area (Å²) in [5, 5.41) is 0.0246. The summed E-state index contributed by atoms with van der Waals surface area (Å²) >= 11 is 0. The largest absolute Gasteiger partial charge is 0.306 e. The van der Waals surface area contributed by atoms with Crippen LogP contribution in [0, 0.1) is 11.8 Å². The summed E-state index contributed by atoms with van der Waals surface area (Å²) in [5.41, 5.74) is 2.87. The van der Waals surface area contributed by atoms with Gasteiger partial charge >= 0.3 is 0 Å². The maximum Gasteiger partial charge on any atom is 0.260 e. The van der Waals surface area contributed by atoms with Crippen molar-refractivity contribution in [2.75, 3.05) is 12.0 Å². The smallest absolute Gasteiger partial charge is 0.260 e. The summed E-state index contributed by atoms with van der Waals surface area (Å²) < 4.78 is 29.2. The number of nitrogens with two attached hydrogens (primary N) is 1. The minimum atomic E-state index is -3.71. The third-order valence-corrected chi connectivity index (χ3v) is 5.06. The summed E-state index contributed by atoms with van der Waals surface area (Å²) in [5.74, 6) is 6.15. The zero-order valence-electron chi connectivity index (χ0n) is 12.4. The highest BCUT2D eigenvalue weighted by Crippen LogP contribution is 2.22. The Labute approximate surface area is 124 Å². The van der Waals surface area contributed by atoms with E-state index >= 15 is 0 Å². The molecule has 2 rings (SSSR count). The van der Waals surface area contributed by atoms with Gasteiger partial charge in [-0.05, 0) is 24.0 Å². The molecule has 0 aliphatic rings. The van der Waals surface area contributed by atoms with Crippen molar-refractivity contribution in [3.8, 4) is 0 Å². The van der Waals surface area contributed by atoms with E-state index in [9.17, 15) is 8.42 Å². The molecular formula is C13H21N5O2S. The molecule has 8 heteroatoms. The van der Waals surface area contributed by atoms with Gasteiger partial charge < -0.3 is 5.43 Å². The van der Waals surface area contributed by atoms with Crippen LogP contribution in [0.4, 0.5) is 5.82 Å². The van der Waals surface area contributed by atoms with Crippen LogP contribution >= 0.6 is 0 Å². The normalized spacial score (nSPS) is 13.8. The number of pyridine rings is 1. The van der Waals surface area contributed by atoms with Crippen LogP contribution in [0.2, 0.25) is 0 Å². The predicted octanol–water partition coefficient (Wildman–Crippen LogP) is 1.19. The first-order valence-electron chi connectivity index (χ1n) is 6.80. The third-order valence-electron chi connectivity index (χ3n) is 3.61. The zero-order chi connectivity index (χ0) is 15.6. The molecular weight excluding hydrogens is 290 g/mol. The van der Waals surface area contributed by atoms with E-state index in [4.69, 9.17) is 5.84 Å². The molecule has 116 valence electrons. The van der Waals surface area contributed by atoms with Gasteiger partial charge in [-0.3, -0.25) is 4.40 Å². The van der Waals surface area contributed by atoms with Crippen LogP contribution in [0.5, 0.6) is 0 Å². The van der Waals surface area contributed by atoms with Crippen molar-refractivity contribution in [3.63, 3.8) is 0 Å². The van der Waals surface area contributed by atoms with Crippen LogP contribution in [-0.2, 0) is 10.0 Å². The number of nitrogens with zero attached hydrogens (tertiary/aromatic N) is 2. The molecule has 21 heavy (non-hydrogen) atoms. The van der Waals surface area contributed by atoms with Crippen molar-refractivity contribution in [2.24, 2.45) is 17.7 Å². The van der Waals surface area contributed by atoms with Crippen LogP contribution in [0.25, 0.3) is 5.65 Å². The number of nitrogen functional groups attached to an aromatic ring is 1. The molecule has 0 aliphatic heterocycles. The summed E-state index contributed by atoms with van der Waals surface area (Å²) in [7, 11) is -3.71. The fraction of sp³-hybridized carbons (Fsp3) is 0.462. The van der Waals surface area contributed by atoms with Crippen molar-refractivity contribution in [1.82, 2.24) is 14.1 Å². The number of anilines is 1. The molecule has 0 aromatic carbocycles. The zero-order valence-corrected chi connectivity index (χ0v) is 13.2. The third kappa shape index (κ3) is 3.17. The highest BCUT2D eigenvalue weighted by molar-refractivity contribution is 7.89. The van der Waals surface area contributed by atoms with Crippen molar-refractivity contribution < 1.29 is 8.42 Å². The standard InChI is InChI=1S/C13H21N5O2S/c1-9(2)10(3)8-15-21(19,20)13-12(17-14)16-11-6-4-5-7-18(11)13/h4-7,9-10,15,17H,8,14H2,1-3H3. The average Bonchev–Trinajstić information content (AvgIpc) is 2.83. The Morgan fingerprint density at radius 1 is 1.33 bits per heavy atom. The molecule has 0 bridgehead atoms. The Morgan fingerprint density at radius 2 is 2.05 bits per heavy atom. The number of sulfonamides is 1. The lowest BCUT2D eigenvalue weighted by atomic mass is 9.99. The molecule has 0 saturated heterocycles. The molecule has 2 aromatic heterocycles. The van der Waals surface area contributed by atoms with Crippen LogP contribution < -0.4 is 16.0 Å². The fourth-order valence-corrected chi connectivity index (χ4v) is 3.26. The average molecular weight is 311 g/mol. The van der Waals surface area contributed by atoms with Crippen molar-refractivity contribution in [1.29, 1.82) is 0 Å². The molecule has 0 aliphatic carbocycles. The van der Waals surface area contributed by atoms with E-state index in [1.54, 1.807) is 24.4 Å². The Balaban J connectivity index is 2.40. The Morgan fingerprint density at radius 3 is 2.67 bits per heavy atom. The van der Waals surface area contributed by atoms with E-state index in [1.165, 1.54) is 4.40 Å². The summed E-state index contributed by atoms with van der Waals surface area (Å²) in [6, 6.07) is 5.24. The van der Waals surface area contributed by atoms with Crippen LogP contribution in [0.15, 0.2) is 29.4 Å². The van der Waals surface area contributed by atoms with Gasteiger partial charge in [0.05, 0.1) is 0 Å². The first-order valence-corrected chi connectivity index (χ1v) is 8.28. The molecule has 0 fully saturated rings. The van der Waals surface area contributed by atoms with Gasteiger partial charge in [0.15, 0.2) is 10.8 Å². The maximum absolute atomic E-state index is 12.5. The maximum atomic E-state index is 12.5. The van der Waals surface area contributed by atoms with Gasteiger partial charge in [0.1, 0.15) is 5.65 Å². The van der Waals surface area contributed by atoms with Crippen molar-refractivity contribution >= 4 is 21.5 Å². The number of aromatic nitrogens is 2. The van der Waals surface area contributed by atoms with Gasteiger partial charge in [-0.15, -0.1) is 0 Å². The van der Waals surface area contributed by atoms with E-state index in [0.29, 0.717) is 18.1 Å². The predicted molar refractivity (Wildman–Crippen MR) is 82.2 cm³/mol. The van der Waals surface area contributed by atoms with Gasteiger partial charge in [0.2, 0.25) is 0 Å². The second-order valence-corrected chi connectivity index (χ2v) is 7.09. The van der Waals surface area contributed by atoms with E-state index in [0.717, 1.165) is 0 Å². The molecule has 4 N–H and O–H groups in total. The van der Waals surface area contributed by atoms with Crippen molar-refractivity contribution in [2.45, 2.75) is 25.8 Å². The number of hydrogen-bond donors (Lipinski definition) is 3. The minimum Gasteiger partial charge on any atom is -0.306 e. The van der Waals surface area contributed by atoms with Gasteiger partial charge in [-0.2, -0.15) is 0 Å². The number of imidazole rings is 1. The van der Waals surface area contributed by atoms with Crippen LogP contribution in [0.1, 0.15) is 20.8 Å². The molecule has 0 amide bonds. The number of rotatable bonds is 6. The molecule has 2 heterocycles. The Hall–Kier alpha value is -1.64. The van der Waals surface area contributed by atoms with Gasteiger partial charge in [-0.25, -0.2) is 24.0 Å². The Kier molecular flexibility index (Phi) is 4.50. The molecule has 2 aromatic rings. The monoisotopic (exact) mass is 311 g/mol. The fourth-order valence-electron chi connectivity index (χ4n) is 1.87. The van der Waals surface area contributed by atoms with Crippen LogP contribution in [-0.4, -0.2) is 24.3 Å². The lowest BCUT2D eigenvalue weighted by molar-refractivity contribution is 0.414. The molecule has 0 saturated carbocycles. The first kappa shape index (κ1) is 15.7. The van der Waals surface area contributed by atoms with Gasteiger partial charge in [-0.1, -0.05) is 26.8 Å². The SMILES string of the molecule is CC(C)C(C)CNS(=O)(=O)c1c(NN)nc2ccccn12. The molecule has 0 radical (unpaired) electrons. The summed E-state index contributed by atoms with van der Waals surface area (Å²) in [4.78, 5) is 4.17. The van der Waals surface area contributed by atoms with E-state index in [-0.39, 0.29) is 16.8 Å². The van der Waals surface area contributed by atoms with Crippen LogP contribution in [0.3, 0.4) is 0 Å². The van der Waals surface area contributed by atoms with E-state index in [2.05, 4.69) is 29.0 Å². The highest BCUT2D eigenvalue weighted by atomic mass is 32.2. The molecule has 0 spiro atoms. The van der Waals surface area contributed by atoms with Gasteiger partial charge in [0.25, 0.3) is 10.0 Å². The summed E-state index contributed by atoms with van der Waals surface area (Å²) in [6.45, 7) is 6.48. The Bertz CT molecular complexity index is 723. The molecule has 1 atom stereocenters. The lowest BCUT2D eigenvalue weighted by Gasteiger charge is -2.16. The second kappa shape index (κ2) is 6.00.